The summed E-state index contributed by atoms with van der Waals surface area (Å²) in [5.74, 6) is 0.796. The van der Waals surface area contributed by atoms with Crippen molar-refractivity contribution in [2.75, 3.05) is 0 Å². The van der Waals surface area contributed by atoms with E-state index in [-0.39, 0.29) is 0 Å². The molecule has 0 radical (unpaired) electrons. The van der Waals surface area contributed by atoms with Crippen LogP contribution in [-0.4, -0.2) is 4.98 Å². The maximum absolute atomic E-state index is 9.61. The first kappa shape index (κ1) is 18.7. The molecule has 0 atom stereocenters. The van der Waals surface area contributed by atoms with Crippen LogP contribution in [0.25, 0.3) is 22.9 Å². The van der Waals surface area contributed by atoms with E-state index < -0.39 is 0 Å². The zero-order chi connectivity index (χ0) is 19.9. The molecule has 1 heterocycles. The Kier molecular flexibility index (Phi) is 5.80. The van der Waals surface area contributed by atoms with Crippen LogP contribution in [0.2, 0.25) is 0 Å². The van der Waals surface area contributed by atoms with Gasteiger partial charge in [-0.05, 0) is 29.3 Å². The third-order valence-corrected chi connectivity index (χ3v) is 5.24. The van der Waals surface area contributed by atoms with Gasteiger partial charge < -0.3 is 4.74 Å². The Bertz CT molecular complexity index is 1140. The molecular weight excluding hydrogens is 376 g/mol. The van der Waals surface area contributed by atoms with E-state index in [4.69, 9.17) is 4.74 Å². The molecule has 0 N–H and O–H groups in total. The maximum Gasteiger partial charge on any atom is 0.134 e. The number of hydrogen-bond donors (Lipinski definition) is 0. The summed E-state index contributed by atoms with van der Waals surface area (Å²) in [4.78, 5) is 4.63. The van der Waals surface area contributed by atoms with Crippen molar-refractivity contribution in [3.63, 3.8) is 0 Å². The Labute approximate surface area is 174 Å². The summed E-state index contributed by atoms with van der Waals surface area (Å²) in [5, 5.41) is 12.3. The molecule has 4 aromatic rings. The first-order valence-corrected chi connectivity index (χ1v) is 10.1. The highest BCUT2D eigenvalue weighted by atomic mass is 32.1. The zero-order valence-electron chi connectivity index (χ0n) is 15.7. The molecule has 1 aromatic heterocycles. The minimum atomic E-state index is 0.529. The van der Waals surface area contributed by atoms with Gasteiger partial charge in [-0.1, -0.05) is 72.8 Å². The molecular formula is C25H18N2OS. The van der Waals surface area contributed by atoms with Gasteiger partial charge in [-0.15, -0.1) is 11.3 Å². The lowest BCUT2D eigenvalue weighted by Gasteiger charge is -2.06. The number of thiazole rings is 1. The van der Waals surface area contributed by atoms with Gasteiger partial charge in [-0.2, -0.15) is 5.26 Å². The van der Waals surface area contributed by atoms with Crippen LogP contribution in [0.1, 0.15) is 16.1 Å². The monoisotopic (exact) mass is 394 g/mol. The van der Waals surface area contributed by atoms with Gasteiger partial charge >= 0.3 is 0 Å². The highest BCUT2D eigenvalue weighted by Crippen LogP contribution is 2.27. The largest absolute Gasteiger partial charge is 0.489 e. The molecule has 0 aliphatic heterocycles. The van der Waals surface area contributed by atoms with Crippen LogP contribution in [-0.2, 0) is 6.61 Å². The molecule has 4 heteroatoms. The van der Waals surface area contributed by atoms with Crippen LogP contribution in [0.5, 0.6) is 5.75 Å². The fourth-order valence-electron chi connectivity index (χ4n) is 2.85. The van der Waals surface area contributed by atoms with Gasteiger partial charge in [0.1, 0.15) is 23.4 Å². The second kappa shape index (κ2) is 9.01. The summed E-state index contributed by atoms with van der Waals surface area (Å²) in [6.45, 7) is 0.529. The quantitative estimate of drug-likeness (QED) is 0.353. The van der Waals surface area contributed by atoms with Crippen molar-refractivity contribution >= 4 is 23.0 Å². The Morgan fingerprint density at radius 2 is 1.62 bits per heavy atom. The number of allylic oxidation sites excluding steroid dienone is 1. The normalized spacial score (nSPS) is 11.1. The van der Waals surface area contributed by atoms with Gasteiger partial charge in [0.15, 0.2) is 0 Å². The summed E-state index contributed by atoms with van der Waals surface area (Å²) >= 11 is 1.48. The third kappa shape index (κ3) is 4.78. The summed E-state index contributed by atoms with van der Waals surface area (Å²) in [6, 6.07) is 30.0. The molecule has 140 valence electrons. The van der Waals surface area contributed by atoms with Gasteiger partial charge in [0, 0.05) is 10.9 Å². The maximum atomic E-state index is 9.61. The highest BCUT2D eigenvalue weighted by Gasteiger charge is 2.09. The lowest BCUT2D eigenvalue weighted by Crippen LogP contribution is -1.94. The van der Waals surface area contributed by atoms with Crippen LogP contribution in [0.15, 0.2) is 90.3 Å². The average molecular weight is 394 g/mol. The minimum absolute atomic E-state index is 0.529. The molecule has 0 aliphatic rings. The van der Waals surface area contributed by atoms with Gasteiger partial charge in [-0.25, -0.2) is 4.98 Å². The van der Waals surface area contributed by atoms with Gasteiger partial charge in [0.25, 0.3) is 0 Å². The molecule has 4 rings (SSSR count). The second-order valence-electron chi connectivity index (χ2n) is 6.42. The van der Waals surface area contributed by atoms with Crippen molar-refractivity contribution < 1.29 is 4.74 Å². The number of nitrogens with zero attached hydrogens (tertiary/aromatic N) is 2. The molecule has 0 unspecified atom stereocenters. The van der Waals surface area contributed by atoms with Gasteiger partial charge in [0.05, 0.1) is 11.3 Å². The standard InChI is InChI=1S/C25H18N2OS/c26-16-22(25-27-24(18-29-25)21-9-5-2-6-10-21)15-19-11-13-23(14-12-19)28-17-20-7-3-1-4-8-20/h1-15,18H,17H2. The lowest BCUT2D eigenvalue weighted by atomic mass is 10.1. The van der Waals surface area contributed by atoms with E-state index in [0.717, 1.165) is 33.1 Å². The summed E-state index contributed by atoms with van der Waals surface area (Å²) in [6.07, 6.45) is 1.86. The molecule has 3 nitrogen and oxygen atoms in total. The number of hydrogen-bond acceptors (Lipinski definition) is 4. The van der Waals surface area contributed by atoms with Gasteiger partial charge in [0.2, 0.25) is 0 Å². The summed E-state index contributed by atoms with van der Waals surface area (Å²) in [5.41, 5.74) is 4.55. The number of aromatic nitrogens is 1. The first-order chi connectivity index (χ1) is 14.3. The molecule has 0 saturated carbocycles. The van der Waals surface area contributed by atoms with Gasteiger partial charge in [-0.3, -0.25) is 0 Å². The Morgan fingerprint density at radius 1 is 0.931 bits per heavy atom. The van der Waals surface area contributed by atoms with Crippen molar-refractivity contribution in [3.05, 3.63) is 106 Å². The molecule has 29 heavy (non-hydrogen) atoms. The topological polar surface area (TPSA) is 45.9 Å². The Hall–Kier alpha value is -3.68. The number of rotatable bonds is 6. The number of benzene rings is 3. The molecule has 0 bridgehead atoms. The number of nitriles is 1. The van der Waals surface area contributed by atoms with Crippen LogP contribution < -0.4 is 4.74 Å². The van der Waals surface area contributed by atoms with E-state index in [1.807, 2.05) is 96.4 Å². The molecule has 0 saturated heterocycles. The molecule has 3 aromatic carbocycles. The van der Waals surface area contributed by atoms with Crippen LogP contribution in [0, 0.1) is 11.3 Å². The summed E-state index contributed by atoms with van der Waals surface area (Å²) < 4.78 is 5.82. The predicted molar refractivity (Wildman–Crippen MR) is 118 cm³/mol. The van der Waals surface area contributed by atoms with E-state index in [2.05, 4.69) is 11.1 Å². The fourth-order valence-corrected chi connectivity index (χ4v) is 3.64. The van der Waals surface area contributed by atoms with E-state index in [0.29, 0.717) is 12.2 Å². The smallest absolute Gasteiger partial charge is 0.134 e. The predicted octanol–water partition coefficient (Wildman–Crippen LogP) is 6.45. The summed E-state index contributed by atoms with van der Waals surface area (Å²) in [7, 11) is 0. The second-order valence-corrected chi connectivity index (χ2v) is 7.28. The van der Waals surface area contributed by atoms with Crippen molar-refractivity contribution in [2.24, 2.45) is 0 Å². The van der Waals surface area contributed by atoms with Crippen molar-refractivity contribution in [1.82, 2.24) is 4.98 Å². The average Bonchev–Trinajstić information content (AvgIpc) is 3.28. The number of ether oxygens (including phenoxy) is 1. The fraction of sp³-hybridized carbons (Fsp3) is 0.0400. The molecule has 0 aliphatic carbocycles. The van der Waals surface area contributed by atoms with Crippen molar-refractivity contribution in [2.45, 2.75) is 6.61 Å². The highest BCUT2D eigenvalue weighted by molar-refractivity contribution is 7.11. The lowest BCUT2D eigenvalue weighted by molar-refractivity contribution is 0.306. The Balaban J connectivity index is 1.47. The van der Waals surface area contributed by atoms with E-state index in [1.54, 1.807) is 0 Å². The molecule has 0 fully saturated rings. The van der Waals surface area contributed by atoms with E-state index >= 15 is 0 Å². The van der Waals surface area contributed by atoms with E-state index in [1.165, 1.54) is 11.3 Å². The molecule has 0 spiro atoms. The van der Waals surface area contributed by atoms with Crippen LogP contribution >= 0.6 is 11.3 Å². The first-order valence-electron chi connectivity index (χ1n) is 9.22. The zero-order valence-corrected chi connectivity index (χ0v) is 16.5. The van der Waals surface area contributed by atoms with E-state index in [9.17, 15) is 5.26 Å². The van der Waals surface area contributed by atoms with Crippen LogP contribution in [0.4, 0.5) is 0 Å². The SMILES string of the molecule is N#CC(=Cc1ccc(OCc2ccccc2)cc1)c1nc(-c2ccccc2)cs1. The van der Waals surface area contributed by atoms with Crippen LogP contribution in [0.3, 0.4) is 0 Å². The van der Waals surface area contributed by atoms with Crippen molar-refractivity contribution in [1.29, 1.82) is 5.26 Å². The third-order valence-electron chi connectivity index (χ3n) is 4.36. The minimum Gasteiger partial charge on any atom is -0.489 e. The molecule has 0 amide bonds. The Morgan fingerprint density at radius 3 is 2.31 bits per heavy atom. The van der Waals surface area contributed by atoms with Crippen molar-refractivity contribution in [3.8, 4) is 23.1 Å².